The number of hydrogen-bond acceptors (Lipinski definition) is 6. The maximum absolute atomic E-state index is 12.8. The van der Waals surface area contributed by atoms with E-state index in [9.17, 15) is 13.2 Å². The molecule has 1 saturated heterocycles. The van der Waals surface area contributed by atoms with Gasteiger partial charge in [0, 0.05) is 19.2 Å². The fraction of sp³-hybridized carbons (Fsp3) is 0.583. The highest BCUT2D eigenvalue weighted by Gasteiger charge is 2.36. The minimum atomic E-state index is -4.62. The lowest BCUT2D eigenvalue weighted by Crippen LogP contribution is -2.42. The molecular weight excluding hydrogens is 287 g/mol. The average molecular weight is 301 g/mol. The second-order valence-electron chi connectivity index (χ2n) is 4.40. The Bertz CT molecular complexity index is 543. The van der Waals surface area contributed by atoms with E-state index in [-0.39, 0.29) is 24.8 Å². The van der Waals surface area contributed by atoms with Gasteiger partial charge in [-0.25, -0.2) is 9.97 Å². The molecule has 0 aromatic carbocycles. The summed E-state index contributed by atoms with van der Waals surface area (Å²) in [5.41, 5.74) is 0. The van der Waals surface area contributed by atoms with E-state index in [1.54, 1.807) is 11.8 Å². The highest BCUT2D eigenvalue weighted by molar-refractivity contribution is 5.50. The van der Waals surface area contributed by atoms with Crippen molar-refractivity contribution in [3.63, 3.8) is 0 Å². The van der Waals surface area contributed by atoms with Gasteiger partial charge < -0.3 is 15.0 Å². The molecule has 6 nitrogen and oxygen atoms in total. The number of aromatic nitrogens is 2. The third kappa shape index (κ3) is 3.72. The second-order valence-corrected chi connectivity index (χ2v) is 4.40. The first-order chi connectivity index (χ1) is 9.94. The molecule has 1 fully saturated rings. The number of anilines is 2. The molecule has 0 bridgehead atoms. The van der Waals surface area contributed by atoms with Gasteiger partial charge in [0.25, 0.3) is 0 Å². The highest BCUT2D eigenvalue weighted by Crippen LogP contribution is 2.29. The van der Waals surface area contributed by atoms with Crippen LogP contribution in [-0.2, 0) is 10.9 Å². The lowest BCUT2D eigenvalue weighted by atomic mass is 10.3. The summed E-state index contributed by atoms with van der Waals surface area (Å²) in [6.07, 6.45) is -5.30. The van der Waals surface area contributed by atoms with E-state index in [1.807, 2.05) is 6.07 Å². The Morgan fingerprint density at radius 3 is 2.90 bits per heavy atom. The standard InChI is InChI=1S/C12H14F3N5O/c1-2-17-9-5-10(19-11(18-9)12(13,14)15)20-3-4-21-8(6-16)7-20/h5,8H,2-4,7H2,1H3,(H,17,18,19). The summed E-state index contributed by atoms with van der Waals surface area (Å²) in [5, 5.41) is 11.6. The average Bonchev–Trinajstić information content (AvgIpc) is 2.46. The Morgan fingerprint density at radius 2 is 2.29 bits per heavy atom. The number of nitrogens with zero attached hydrogens (tertiary/aromatic N) is 4. The molecule has 1 aromatic heterocycles. The highest BCUT2D eigenvalue weighted by atomic mass is 19.4. The van der Waals surface area contributed by atoms with Crippen LogP contribution in [0.25, 0.3) is 0 Å². The fourth-order valence-corrected chi connectivity index (χ4v) is 1.93. The monoisotopic (exact) mass is 301 g/mol. The number of hydrogen-bond donors (Lipinski definition) is 1. The van der Waals surface area contributed by atoms with E-state index in [0.29, 0.717) is 13.1 Å². The predicted octanol–water partition coefficient (Wildman–Crippen LogP) is 1.66. The second kappa shape index (κ2) is 6.13. The third-order valence-corrected chi connectivity index (χ3v) is 2.86. The van der Waals surface area contributed by atoms with Crippen LogP contribution in [0.15, 0.2) is 6.07 Å². The summed E-state index contributed by atoms with van der Waals surface area (Å²) in [4.78, 5) is 8.61. The minimum absolute atomic E-state index is 0.106. The first-order valence-corrected chi connectivity index (χ1v) is 6.40. The normalized spacial score (nSPS) is 19.2. The first kappa shape index (κ1) is 15.3. The number of alkyl halides is 3. The Balaban J connectivity index is 2.33. The van der Waals surface area contributed by atoms with E-state index in [4.69, 9.17) is 10.00 Å². The number of ether oxygens (including phenoxy) is 1. The van der Waals surface area contributed by atoms with Crippen LogP contribution in [0.4, 0.5) is 24.8 Å². The van der Waals surface area contributed by atoms with Crippen molar-refractivity contribution in [3.8, 4) is 6.07 Å². The number of morpholine rings is 1. The zero-order valence-electron chi connectivity index (χ0n) is 11.3. The first-order valence-electron chi connectivity index (χ1n) is 6.40. The summed E-state index contributed by atoms with van der Waals surface area (Å²) in [7, 11) is 0. The van der Waals surface area contributed by atoms with Crippen molar-refractivity contribution in [3.05, 3.63) is 11.9 Å². The molecule has 0 aliphatic carbocycles. The van der Waals surface area contributed by atoms with E-state index in [1.165, 1.54) is 6.07 Å². The van der Waals surface area contributed by atoms with Crippen molar-refractivity contribution < 1.29 is 17.9 Å². The van der Waals surface area contributed by atoms with Crippen molar-refractivity contribution in [1.82, 2.24) is 9.97 Å². The molecule has 9 heteroatoms. The van der Waals surface area contributed by atoms with Crippen LogP contribution >= 0.6 is 0 Å². The van der Waals surface area contributed by atoms with E-state index < -0.39 is 18.1 Å². The Labute approximate surface area is 119 Å². The summed E-state index contributed by atoms with van der Waals surface area (Å²) in [6, 6.07) is 3.39. The van der Waals surface area contributed by atoms with Gasteiger partial charge in [-0.1, -0.05) is 0 Å². The van der Waals surface area contributed by atoms with Crippen LogP contribution in [0.2, 0.25) is 0 Å². The zero-order chi connectivity index (χ0) is 15.5. The number of rotatable bonds is 3. The van der Waals surface area contributed by atoms with Gasteiger partial charge in [0.05, 0.1) is 19.2 Å². The molecule has 114 valence electrons. The Hall–Kier alpha value is -2.08. The van der Waals surface area contributed by atoms with E-state index in [2.05, 4.69) is 15.3 Å². The smallest absolute Gasteiger partial charge is 0.370 e. The molecule has 1 aliphatic rings. The van der Waals surface area contributed by atoms with Gasteiger partial charge in [-0.05, 0) is 6.92 Å². The molecule has 1 unspecified atom stereocenters. The maximum Gasteiger partial charge on any atom is 0.451 e. The van der Waals surface area contributed by atoms with Crippen molar-refractivity contribution in [1.29, 1.82) is 5.26 Å². The summed E-state index contributed by atoms with van der Waals surface area (Å²) in [5.74, 6) is -0.956. The molecule has 0 amide bonds. The Morgan fingerprint density at radius 1 is 1.52 bits per heavy atom. The molecular formula is C12H14F3N5O. The van der Waals surface area contributed by atoms with Gasteiger partial charge in [0.2, 0.25) is 5.82 Å². The van der Waals surface area contributed by atoms with Crippen molar-refractivity contribution in [2.75, 3.05) is 36.5 Å². The summed E-state index contributed by atoms with van der Waals surface area (Å²) in [6.45, 7) is 3.02. The molecule has 1 aliphatic heterocycles. The fourth-order valence-electron chi connectivity index (χ4n) is 1.93. The van der Waals surface area contributed by atoms with Crippen LogP contribution in [-0.4, -0.2) is 42.3 Å². The molecule has 1 aromatic rings. The SMILES string of the molecule is CCNc1cc(N2CCOC(C#N)C2)nc(C(F)(F)F)n1. The van der Waals surface area contributed by atoms with E-state index in [0.717, 1.165) is 0 Å². The number of nitriles is 1. The molecule has 0 saturated carbocycles. The largest absolute Gasteiger partial charge is 0.451 e. The van der Waals surface area contributed by atoms with Gasteiger partial charge in [0.1, 0.15) is 11.6 Å². The van der Waals surface area contributed by atoms with Gasteiger partial charge in [-0.2, -0.15) is 18.4 Å². The molecule has 0 spiro atoms. The predicted molar refractivity (Wildman–Crippen MR) is 68.8 cm³/mol. The minimum Gasteiger partial charge on any atom is -0.370 e. The summed E-state index contributed by atoms with van der Waals surface area (Å²) < 4.78 is 43.7. The zero-order valence-corrected chi connectivity index (χ0v) is 11.3. The van der Waals surface area contributed by atoms with Crippen LogP contribution in [0.3, 0.4) is 0 Å². The molecule has 0 radical (unpaired) electrons. The van der Waals surface area contributed by atoms with Gasteiger partial charge >= 0.3 is 6.18 Å². The number of nitrogens with one attached hydrogen (secondary N) is 1. The van der Waals surface area contributed by atoms with Crippen molar-refractivity contribution in [2.24, 2.45) is 0 Å². The van der Waals surface area contributed by atoms with Crippen molar-refractivity contribution >= 4 is 11.6 Å². The summed E-state index contributed by atoms with van der Waals surface area (Å²) >= 11 is 0. The number of halogens is 3. The quantitative estimate of drug-likeness (QED) is 0.915. The van der Waals surface area contributed by atoms with Crippen LogP contribution < -0.4 is 10.2 Å². The van der Waals surface area contributed by atoms with Crippen LogP contribution in [0.5, 0.6) is 0 Å². The molecule has 1 atom stereocenters. The van der Waals surface area contributed by atoms with Crippen LogP contribution in [0, 0.1) is 11.3 Å². The maximum atomic E-state index is 12.8. The third-order valence-electron chi connectivity index (χ3n) is 2.86. The topological polar surface area (TPSA) is 74.1 Å². The molecule has 1 N–H and O–H groups in total. The van der Waals surface area contributed by atoms with Crippen LogP contribution in [0.1, 0.15) is 12.7 Å². The molecule has 2 rings (SSSR count). The lowest BCUT2D eigenvalue weighted by molar-refractivity contribution is -0.144. The van der Waals surface area contributed by atoms with E-state index >= 15 is 0 Å². The van der Waals surface area contributed by atoms with Gasteiger partial charge in [-0.15, -0.1) is 0 Å². The lowest BCUT2D eigenvalue weighted by Gasteiger charge is -2.31. The van der Waals surface area contributed by atoms with Crippen molar-refractivity contribution in [2.45, 2.75) is 19.2 Å². The van der Waals surface area contributed by atoms with Gasteiger partial charge in [-0.3, -0.25) is 0 Å². The Kier molecular flexibility index (Phi) is 4.47. The molecule has 21 heavy (non-hydrogen) atoms. The van der Waals surface area contributed by atoms with Gasteiger partial charge in [0.15, 0.2) is 6.10 Å². The molecule has 2 heterocycles.